The fraction of sp³-hybridized carbons (Fsp3) is 0.650. The largest absolute Gasteiger partial charge is 0.444 e. The van der Waals surface area contributed by atoms with Crippen molar-refractivity contribution in [2.45, 2.75) is 63.8 Å². The summed E-state index contributed by atoms with van der Waals surface area (Å²) in [4.78, 5) is 16.5. The number of rotatable bonds is 2. The molecule has 1 aromatic rings. The van der Waals surface area contributed by atoms with Gasteiger partial charge < -0.3 is 14.7 Å². The van der Waals surface area contributed by atoms with E-state index >= 15 is 0 Å². The monoisotopic (exact) mass is 346 g/mol. The molecule has 0 saturated carbocycles. The van der Waals surface area contributed by atoms with E-state index in [-0.39, 0.29) is 17.7 Å². The van der Waals surface area contributed by atoms with E-state index in [0.29, 0.717) is 19.6 Å². The summed E-state index contributed by atoms with van der Waals surface area (Å²) in [7, 11) is 0. The molecule has 1 amide bonds. The fourth-order valence-electron chi connectivity index (χ4n) is 4.07. The van der Waals surface area contributed by atoms with Crippen LogP contribution >= 0.6 is 0 Å². The van der Waals surface area contributed by atoms with Crippen LogP contribution in [0.15, 0.2) is 30.3 Å². The smallest absolute Gasteiger partial charge is 0.410 e. The van der Waals surface area contributed by atoms with E-state index in [1.165, 1.54) is 5.56 Å². The van der Waals surface area contributed by atoms with Gasteiger partial charge in [0.2, 0.25) is 0 Å². The molecular formula is C20H30N2O3. The summed E-state index contributed by atoms with van der Waals surface area (Å²) >= 11 is 0. The van der Waals surface area contributed by atoms with E-state index in [1.807, 2.05) is 31.7 Å². The molecule has 5 nitrogen and oxygen atoms in total. The first kappa shape index (κ1) is 18.2. The van der Waals surface area contributed by atoms with Gasteiger partial charge in [-0.25, -0.2) is 4.79 Å². The zero-order valence-corrected chi connectivity index (χ0v) is 15.6. The Morgan fingerprint density at radius 2 is 1.88 bits per heavy atom. The van der Waals surface area contributed by atoms with Crippen LogP contribution in [-0.4, -0.2) is 57.9 Å². The summed E-state index contributed by atoms with van der Waals surface area (Å²) in [5.41, 5.74) is 0.800. The highest BCUT2D eigenvalue weighted by Crippen LogP contribution is 2.39. The number of piperidine rings is 1. The molecule has 138 valence electrons. The number of aliphatic hydroxyl groups excluding tert-OH is 1. The van der Waals surface area contributed by atoms with Gasteiger partial charge in [-0.1, -0.05) is 30.3 Å². The minimum absolute atomic E-state index is 0.00618. The van der Waals surface area contributed by atoms with Crippen LogP contribution in [0.1, 0.15) is 45.6 Å². The van der Waals surface area contributed by atoms with E-state index in [4.69, 9.17) is 4.74 Å². The first-order chi connectivity index (χ1) is 11.8. The number of ether oxygens (including phenoxy) is 1. The lowest BCUT2D eigenvalue weighted by Gasteiger charge is -2.45. The second-order valence-electron chi connectivity index (χ2n) is 8.42. The Balaban J connectivity index is 1.64. The number of likely N-dealkylation sites (tertiary alicyclic amines) is 2. The fourth-order valence-corrected chi connectivity index (χ4v) is 4.07. The number of hydrogen-bond donors (Lipinski definition) is 1. The van der Waals surface area contributed by atoms with Gasteiger partial charge in [-0.05, 0) is 45.6 Å². The Kier molecular flexibility index (Phi) is 5.07. The molecule has 2 fully saturated rings. The van der Waals surface area contributed by atoms with E-state index in [1.54, 1.807) is 0 Å². The summed E-state index contributed by atoms with van der Waals surface area (Å²) in [5.74, 6) is 0. The van der Waals surface area contributed by atoms with Crippen molar-refractivity contribution in [3.05, 3.63) is 35.9 Å². The van der Waals surface area contributed by atoms with Gasteiger partial charge in [0.25, 0.3) is 0 Å². The number of β-amino-alcohol motifs (C(OH)–C–C–N with tert-alkyl or cyclic N) is 1. The zero-order chi connectivity index (χ0) is 18.1. The van der Waals surface area contributed by atoms with Gasteiger partial charge in [0, 0.05) is 31.7 Å². The maximum absolute atomic E-state index is 12.3. The first-order valence-electron chi connectivity index (χ1n) is 9.22. The number of nitrogens with zero attached hydrogens (tertiary/aromatic N) is 2. The minimum atomic E-state index is -0.463. The summed E-state index contributed by atoms with van der Waals surface area (Å²) in [6.45, 7) is 8.62. The topological polar surface area (TPSA) is 53.0 Å². The average molecular weight is 346 g/mol. The first-order valence-corrected chi connectivity index (χ1v) is 9.22. The third-order valence-electron chi connectivity index (χ3n) is 5.28. The Bertz CT molecular complexity index is 589. The molecule has 1 atom stereocenters. The van der Waals surface area contributed by atoms with Crippen LogP contribution in [0.25, 0.3) is 0 Å². The van der Waals surface area contributed by atoms with Crippen LogP contribution < -0.4 is 0 Å². The lowest BCUT2D eigenvalue weighted by Crippen LogP contribution is -2.53. The molecule has 0 bridgehead atoms. The number of carbonyl (C=O) groups excluding carboxylic acids is 1. The number of amides is 1. The Morgan fingerprint density at radius 3 is 2.48 bits per heavy atom. The average Bonchev–Trinajstić information content (AvgIpc) is 2.82. The molecule has 0 aromatic heterocycles. The van der Waals surface area contributed by atoms with Crippen LogP contribution in [-0.2, 0) is 11.3 Å². The van der Waals surface area contributed by atoms with Gasteiger partial charge in [-0.2, -0.15) is 0 Å². The molecule has 2 aliphatic heterocycles. The van der Waals surface area contributed by atoms with E-state index < -0.39 is 5.60 Å². The van der Waals surface area contributed by atoms with Gasteiger partial charge in [-0.15, -0.1) is 0 Å². The molecule has 1 N–H and O–H groups in total. The van der Waals surface area contributed by atoms with E-state index in [0.717, 1.165) is 25.8 Å². The molecule has 3 rings (SSSR count). The maximum atomic E-state index is 12.3. The van der Waals surface area contributed by atoms with Gasteiger partial charge in [0.1, 0.15) is 5.60 Å². The number of aliphatic hydroxyl groups is 1. The lowest BCUT2D eigenvalue weighted by atomic mass is 9.84. The van der Waals surface area contributed by atoms with Crippen molar-refractivity contribution in [3.8, 4) is 0 Å². The molecule has 25 heavy (non-hydrogen) atoms. The molecule has 0 unspecified atom stereocenters. The second-order valence-corrected chi connectivity index (χ2v) is 8.42. The van der Waals surface area contributed by atoms with Crippen LogP contribution in [0.2, 0.25) is 0 Å². The zero-order valence-electron chi connectivity index (χ0n) is 15.6. The lowest BCUT2D eigenvalue weighted by molar-refractivity contribution is 0.00157. The van der Waals surface area contributed by atoms with Crippen molar-refractivity contribution in [2.24, 2.45) is 0 Å². The van der Waals surface area contributed by atoms with Crippen molar-refractivity contribution in [2.75, 3.05) is 19.6 Å². The van der Waals surface area contributed by atoms with Gasteiger partial charge in [0.15, 0.2) is 0 Å². The van der Waals surface area contributed by atoms with Crippen LogP contribution in [0.3, 0.4) is 0 Å². The van der Waals surface area contributed by atoms with Gasteiger partial charge in [0.05, 0.1) is 6.10 Å². The normalized spacial score (nSPS) is 23.8. The van der Waals surface area contributed by atoms with Crippen LogP contribution in [0.4, 0.5) is 4.79 Å². The number of benzene rings is 1. The summed E-state index contributed by atoms with van der Waals surface area (Å²) < 4.78 is 5.50. The minimum Gasteiger partial charge on any atom is -0.444 e. The van der Waals surface area contributed by atoms with Crippen molar-refractivity contribution in [1.29, 1.82) is 0 Å². The van der Waals surface area contributed by atoms with Crippen molar-refractivity contribution in [3.63, 3.8) is 0 Å². The highest BCUT2D eigenvalue weighted by atomic mass is 16.6. The van der Waals surface area contributed by atoms with Crippen LogP contribution in [0, 0.1) is 0 Å². The molecule has 1 aromatic carbocycles. The Hall–Kier alpha value is -1.59. The molecule has 2 saturated heterocycles. The molecule has 5 heteroatoms. The summed E-state index contributed by atoms with van der Waals surface area (Å²) in [6.07, 6.45) is 2.06. The highest BCUT2D eigenvalue weighted by Gasteiger charge is 2.47. The highest BCUT2D eigenvalue weighted by molar-refractivity contribution is 5.68. The third-order valence-corrected chi connectivity index (χ3v) is 5.28. The number of carbonyl (C=O) groups is 1. The molecule has 0 aliphatic carbocycles. The van der Waals surface area contributed by atoms with Gasteiger partial charge in [-0.3, -0.25) is 4.90 Å². The van der Waals surface area contributed by atoms with Crippen molar-refractivity contribution in [1.82, 2.24) is 9.80 Å². The summed E-state index contributed by atoms with van der Waals surface area (Å²) in [6, 6.07) is 10.4. The molecule has 2 aliphatic rings. The SMILES string of the molecule is CC(C)(C)OC(=O)N1CCC2(CC1)C[C@@H](O)CN2Cc1ccccc1. The quantitative estimate of drug-likeness (QED) is 0.894. The maximum Gasteiger partial charge on any atom is 0.410 e. The molecule has 1 spiro atoms. The summed E-state index contributed by atoms with van der Waals surface area (Å²) in [5, 5.41) is 10.3. The Labute approximate surface area is 150 Å². The number of hydrogen-bond acceptors (Lipinski definition) is 4. The standard InChI is InChI=1S/C20H30N2O3/c1-19(2,3)25-18(24)21-11-9-20(10-12-21)13-17(23)15-22(20)14-16-7-5-4-6-8-16/h4-8,17,23H,9-15H2,1-3H3/t17-/m1/s1. The third kappa shape index (κ3) is 4.33. The predicted molar refractivity (Wildman–Crippen MR) is 97.2 cm³/mol. The molecule has 0 radical (unpaired) electrons. The Morgan fingerprint density at radius 1 is 1.24 bits per heavy atom. The van der Waals surface area contributed by atoms with Crippen molar-refractivity contribution < 1.29 is 14.6 Å². The van der Waals surface area contributed by atoms with Gasteiger partial charge >= 0.3 is 6.09 Å². The molecular weight excluding hydrogens is 316 g/mol. The van der Waals surface area contributed by atoms with E-state index in [2.05, 4.69) is 29.2 Å². The molecule has 2 heterocycles. The van der Waals surface area contributed by atoms with E-state index in [9.17, 15) is 9.90 Å². The predicted octanol–water partition coefficient (Wildman–Crippen LogP) is 3.02. The van der Waals surface area contributed by atoms with Crippen LogP contribution in [0.5, 0.6) is 0 Å². The van der Waals surface area contributed by atoms with Crippen molar-refractivity contribution >= 4 is 6.09 Å². The second kappa shape index (κ2) is 6.96.